The Labute approximate surface area is 123 Å². The Balaban J connectivity index is 1.82. The number of nitrogens with one attached hydrogen (secondary N) is 1. The smallest absolute Gasteiger partial charge is 0.218 e. The van der Waals surface area contributed by atoms with Crippen LogP contribution in [0.1, 0.15) is 30.1 Å². The maximum Gasteiger partial charge on any atom is 0.218 e. The number of aromatic amines is 1. The molecule has 0 aliphatic carbocycles. The molecule has 3 rings (SSSR count). The van der Waals surface area contributed by atoms with Gasteiger partial charge in [0.25, 0.3) is 0 Å². The molecular weight excluding hydrogens is 291 g/mol. The summed E-state index contributed by atoms with van der Waals surface area (Å²) in [7, 11) is -3.41. The first-order valence-electron chi connectivity index (χ1n) is 6.93. The summed E-state index contributed by atoms with van der Waals surface area (Å²) >= 11 is 0. The van der Waals surface area contributed by atoms with Gasteiger partial charge in [0.1, 0.15) is 5.82 Å². The first-order chi connectivity index (χ1) is 10.1. The van der Waals surface area contributed by atoms with E-state index < -0.39 is 10.0 Å². The lowest BCUT2D eigenvalue weighted by Gasteiger charge is -2.23. The number of rotatable bonds is 4. The van der Waals surface area contributed by atoms with Crippen LogP contribution in [0.25, 0.3) is 0 Å². The van der Waals surface area contributed by atoms with Crippen molar-refractivity contribution in [1.29, 1.82) is 0 Å². The highest BCUT2D eigenvalue weighted by atomic mass is 32.2. The SMILES string of the molecule is O=S(=O)(Cc1ccc(F)cc1)N1CCCC1c1ccc[nH]1. The third kappa shape index (κ3) is 3.01. The molecule has 1 saturated heterocycles. The van der Waals surface area contributed by atoms with Gasteiger partial charge in [0, 0.05) is 18.4 Å². The molecule has 1 aliphatic rings. The topological polar surface area (TPSA) is 53.2 Å². The van der Waals surface area contributed by atoms with E-state index in [2.05, 4.69) is 4.98 Å². The van der Waals surface area contributed by atoms with Crippen molar-refractivity contribution in [2.45, 2.75) is 24.6 Å². The zero-order chi connectivity index (χ0) is 14.9. The van der Waals surface area contributed by atoms with Crippen LogP contribution in [0.5, 0.6) is 0 Å². The molecule has 1 aliphatic heterocycles. The number of nitrogens with zero attached hydrogens (tertiary/aromatic N) is 1. The average molecular weight is 308 g/mol. The molecule has 1 N–H and O–H groups in total. The van der Waals surface area contributed by atoms with Crippen molar-refractivity contribution in [3.05, 3.63) is 59.7 Å². The summed E-state index contributed by atoms with van der Waals surface area (Å²) in [5.74, 6) is -0.452. The number of aromatic nitrogens is 1. The van der Waals surface area contributed by atoms with Crippen molar-refractivity contribution >= 4 is 10.0 Å². The van der Waals surface area contributed by atoms with Gasteiger partial charge in [-0.15, -0.1) is 0 Å². The van der Waals surface area contributed by atoms with Crippen molar-refractivity contribution in [3.63, 3.8) is 0 Å². The Morgan fingerprint density at radius 2 is 2.00 bits per heavy atom. The third-order valence-corrected chi connectivity index (χ3v) is 5.65. The van der Waals surface area contributed by atoms with Gasteiger partial charge in [-0.05, 0) is 42.7 Å². The highest BCUT2D eigenvalue weighted by Gasteiger charge is 2.35. The maximum absolute atomic E-state index is 12.9. The molecular formula is C15H17FN2O2S. The van der Waals surface area contributed by atoms with Crippen LogP contribution in [0.15, 0.2) is 42.6 Å². The molecule has 4 nitrogen and oxygen atoms in total. The molecule has 1 unspecified atom stereocenters. The molecule has 0 spiro atoms. The summed E-state index contributed by atoms with van der Waals surface area (Å²) in [5.41, 5.74) is 1.53. The lowest BCUT2D eigenvalue weighted by Crippen LogP contribution is -2.31. The van der Waals surface area contributed by atoms with Crippen molar-refractivity contribution in [1.82, 2.24) is 9.29 Å². The monoisotopic (exact) mass is 308 g/mol. The second kappa shape index (κ2) is 5.61. The van der Waals surface area contributed by atoms with Crippen LogP contribution in [-0.2, 0) is 15.8 Å². The molecule has 1 aromatic heterocycles. The number of sulfonamides is 1. The molecule has 6 heteroatoms. The molecule has 0 saturated carbocycles. The molecule has 0 amide bonds. The van der Waals surface area contributed by atoms with Crippen LogP contribution in [0.4, 0.5) is 4.39 Å². The fourth-order valence-electron chi connectivity index (χ4n) is 2.81. The second-order valence-electron chi connectivity index (χ2n) is 5.28. The summed E-state index contributed by atoms with van der Waals surface area (Å²) in [5, 5.41) is 0. The fourth-order valence-corrected chi connectivity index (χ4v) is 4.60. The van der Waals surface area contributed by atoms with Gasteiger partial charge in [0.2, 0.25) is 10.0 Å². The lowest BCUT2D eigenvalue weighted by atomic mass is 10.2. The standard InChI is InChI=1S/C15H17FN2O2S/c16-13-7-5-12(6-8-13)11-21(19,20)18-10-2-4-15(18)14-3-1-9-17-14/h1,3,5-9,15,17H,2,4,10-11H2. The van der Waals surface area contributed by atoms with Crippen LogP contribution in [0, 0.1) is 5.82 Å². The molecule has 1 atom stereocenters. The summed E-state index contributed by atoms with van der Waals surface area (Å²) in [6.45, 7) is 0.535. The molecule has 1 aromatic carbocycles. The average Bonchev–Trinajstić information content (AvgIpc) is 3.11. The van der Waals surface area contributed by atoms with Crippen molar-refractivity contribution in [2.75, 3.05) is 6.54 Å². The highest BCUT2D eigenvalue weighted by Crippen LogP contribution is 2.34. The predicted molar refractivity (Wildman–Crippen MR) is 78.5 cm³/mol. The molecule has 112 valence electrons. The van der Waals surface area contributed by atoms with E-state index >= 15 is 0 Å². The first-order valence-corrected chi connectivity index (χ1v) is 8.54. The summed E-state index contributed by atoms with van der Waals surface area (Å²) in [4.78, 5) is 3.10. The van der Waals surface area contributed by atoms with E-state index in [1.165, 1.54) is 24.3 Å². The third-order valence-electron chi connectivity index (χ3n) is 3.80. The molecule has 1 fully saturated rings. The van der Waals surface area contributed by atoms with E-state index in [4.69, 9.17) is 0 Å². The zero-order valence-corrected chi connectivity index (χ0v) is 12.3. The van der Waals surface area contributed by atoms with Gasteiger partial charge in [-0.25, -0.2) is 12.8 Å². The van der Waals surface area contributed by atoms with Crippen molar-refractivity contribution in [3.8, 4) is 0 Å². The Morgan fingerprint density at radius 1 is 1.24 bits per heavy atom. The highest BCUT2D eigenvalue weighted by molar-refractivity contribution is 7.88. The summed E-state index contributed by atoms with van der Waals surface area (Å²) in [6, 6.07) is 9.29. The Hall–Kier alpha value is -1.66. The van der Waals surface area contributed by atoms with Crippen LogP contribution in [0.2, 0.25) is 0 Å². The van der Waals surface area contributed by atoms with Crippen molar-refractivity contribution in [2.24, 2.45) is 0 Å². The van der Waals surface area contributed by atoms with Gasteiger partial charge in [-0.1, -0.05) is 12.1 Å². The van der Waals surface area contributed by atoms with E-state index in [1.807, 2.05) is 12.1 Å². The number of H-pyrrole nitrogens is 1. The molecule has 0 bridgehead atoms. The summed E-state index contributed by atoms with van der Waals surface area (Å²) in [6.07, 6.45) is 3.48. The van der Waals surface area contributed by atoms with Crippen LogP contribution in [0.3, 0.4) is 0 Å². The van der Waals surface area contributed by atoms with Crippen LogP contribution < -0.4 is 0 Å². The van der Waals surface area contributed by atoms with Gasteiger partial charge >= 0.3 is 0 Å². The zero-order valence-electron chi connectivity index (χ0n) is 11.5. The van der Waals surface area contributed by atoms with Gasteiger partial charge in [-0.3, -0.25) is 0 Å². The number of benzene rings is 1. The second-order valence-corrected chi connectivity index (χ2v) is 7.20. The Bertz CT molecular complexity index is 696. The van der Waals surface area contributed by atoms with Gasteiger partial charge in [-0.2, -0.15) is 4.31 Å². The minimum absolute atomic E-state index is 0.0928. The van der Waals surface area contributed by atoms with Gasteiger partial charge in [0.05, 0.1) is 11.8 Å². The predicted octanol–water partition coefficient (Wildman–Crippen LogP) is 2.82. The number of hydrogen-bond acceptors (Lipinski definition) is 2. The lowest BCUT2D eigenvalue weighted by molar-refractivity contribution is 0.391. The fraction of sp³-hybridized carbons (Fsp3) is 0.333. The molecule has 2 heterocycles. The molecule has 21 heavy (non-hydrogen) atoms. The first kappa shape index (κ1) is 14.3. The number of hydrogen-bond donors (Lipinski definition) is 1. The van der Waals surface area contributed by atoms with Gasteiger partial charge in [0.15, 0.2) is 0 Å². The number of halogens is 1. The molecule has 0 radical (unpaired) electrons. The van der Waals surface area contributed by atoms with E-state index in [9.17, 15) is 12.8 Å². The largest absolute Gasteiger partial charge is 0.364 e. The summed E-state index contributed by atoms with van der Waals surface area (Å²) < 4.78 is 39.7. The van der Waals surface area contributed by atoms with E-state index in [0.29, 0.717) is 12.1 Å². The van der Waals surface area contributed by atoms with Crippen LogP contribution >= 0.6 is 0 Å². The van der Waals surface area contributed by atoms with Crippen LogP contribution in [-0.4, -0.2) is 24.3 Å². The normalized spacial score (nSPS) is 20.0. The van der Waals surface area contributed by atoms with Gasteiger partial charge < -0.3 is 4.98 Å². The van der Waals surface area contributed by atoms with Crippen molar-refractivity contribution < 1.29 is 12.8 Å². The quantitative estimate of drug-likeness (QED) is 0.944. The minimum Gasteiger partial charge on any atom is -0.364 e. The Kier molecular flexibility index (Phi) is 3.82. The van der Waals surface area contributed by atoms with E-state index in [0.717, 1.165) is 18.5 Å². The van der Waals surface area contributed by atoms with E-state index in [-0.39, 0.29) is 17.6 Å². The molecule has 2 aromatic rings. The minimum atomic E-state index is -3.41. The maximum atomic E-state index is 12.9. The Morgan fingerprint density at radius 3 is 2.67 bits per heavy atom. The van der Waals surface area contributed by atoms with E-state index in [1.54, 1.807) is 10.5 Å².